The van der Waals surface area contributed by atoms with Crippen molar-refractivity contribution in [1.82, 2.24) is 9.97 Å². The number of aliphatic hydroxyl groups excluding tert-OH is 1. The molecule has 0 radical (unpaired) electrons. The fourth-order valence-corrected chi connectivity index (χ4v) is 5.07. The number of carbonyl (C=O) groups is 2. The van der Waals surface area contributed by atoms with E-state index in [-0.39, 0.29) is 17.3 Å². The number of ketones is 1. The average Bonchev–Trinajstić information content (AvgIpc) is 3.40. The Morgan fingerprint density at radius 1 is 0.921 bits per heavy atom. The van der Waals surface area contributed by atoms with Gasteiger partial charge < -0.3 is 19.6 Å². The fraction of sp³-hybridized carbons (Fsp3) is 0.233. The van der Waals surface area contributed by atoms with E-state index in [4.69, 9.17) is 9.47 Å². The number of Topliss-reactive ketones (excluding diaryl/α,β-unsaturated/α-hetero) is 1. The van der Waals surface area contributed by atoms with Crippen molar-refractivity contribution in [2.45, 2.75) is 33.7 Å². The summed E-state index contributed by atoms with van der Waals surface area (Å²) in [6.07, 6.45) is 0. The molecule has 1 aromatic heterocycles. The summed E-state index contributed by atoms with van der Waals surface area (Å²) in [6, 6.07) is 13.7. The highest BCUT2D eigenvalue weighted by Gasteiger charge is 2.48. The van der Waals surface area contributed by atoms with Gasteiger partial charge in [0.2, 0.25) is 5.95 Å². The van der Waals surface area contributed by atoms with E-state index in [1.807, 2.05) is 45.9 Å². The predicted octanol–water partition coefficient (Wildman–Crippen LogP) is 5.44. The second-order valence-corrected chi connectivity index (χ2v) is 9.62. The van der Waals surface area contributed by atoms with E-state index in [0.717, 1.165) is 27.8 Å². The third-order valence-electron chi connectivity index (χ3n) is 7.07. The lowest BCUT2D eigenvalue weighted by molar-refractivity contribution is -0.132. The third-order valence-corrected chi connectivity index (χ3v) is 7.07. The van der Waals surface area contributed by atoms with E-state index in [1.54, 1.807) is 37.4 Å². The number of nitrogens with zero attached hydrogens (tertiary/aromatic N) is 2. The van der Waals surface area contributed by atoms with Crippen LogP contribution in [0.3, 0.4) is 0 Å². The van der Waals surface area contributed by atoms with Crippen molar-refractivity contribution in [3.8, 4) is 11.5 Å². The number of anilines is 1. The number of fused-ring (bicyclic) bond motifs is 1. The Kier molecular flexibility index (Phi) is 6.18. The average molecular weight is 512 g/mol. The van der Waals surface area contributed by atoms with Crippen LogP contribution in [0.2, 0.25) is 0 Å². The van der Waals surface area contributed by atoms with Gasteiger partial charge in [-0.25, -0.2) is 4.98 Å². The maximum absolute atomic E-state index is 13.6. The number of benzene rings is 3. The molecule has 1 aliphatic heterocycles. The number of rotatable bonds is 5. The molecule has 5 rings (SSSR count). The zero-order valence-corrected chi connectivity index (χ0v) is 22.2. The van der Waals surface area contributed by atoms with Crippen molar-refractivity contribution < 1.29 is 24.2 Å². The lowest BCUT2D eigenvalue weighted by Crippen LogP contribution is -2.30. The Morgan fingerprint density at radius 2 is 1.61 bits per heavy atom. The van der Waals surface area contributed by atoms with E-state index in [2.05, 4.69) is 9.97 Å². The van der Waals surface area contributed by atoms with Gasteiger partial charge in [0.15, 0.2) is 0 Å². The van der Waals surface area contributed by atoms with Gasteiger partial charge in [-0.1, -0.05) is 18.2 Å². The van der Waals surface area contributed by atoms with Crippen LogP contribution >= 0.6 is 0 Å². The molecule has 3 aromatic carbocycles. The molecule has 4 aromatic rings. The van der Waals surface area contributed by atoms with Gasteiger partial charge in [-0.3, -0.25) is 14.5 Å². The first-order valence-electron chi connectivity index (χ1n) is 12.2. The molecule has 38 heavy (non-hydrogen) atoms. The fourth-order valence-electron chi connectivity index (χ4n) is 5.07. The minimum atomic E-state index is -0.936. The first kappa shape index (κ1) is 25.1. The summed E-state index contributed by atoms with van der Waals surface area (Å²) in [5.74, 6) is -0.628. The number of aryl methyl sites for hydroxylation is 4. The van der Waals surface area contributed by atoms with Gasteiger partial charge >= 0.3 is 5.91 Å². The summed E-state index contributed by atoms with van der Waals surface area (Å²) in [5, 5.41) is 11.6. The summed E-state index contributed by atoms with van der Waals surface area (Å²) in [5.41, 5.74) is 6.14. The first-order valence-corrected chi connectivity index (χ1v) is 12.2. The molecule has 0 aliphatic carbocycles. The number of imidazole rings is 1. The largest absolute Gasteiger partial charge is 0.507 e. The lowest BCUT2D eigenvalue weighted by Gasteiger charge is -2.23. The Hall–Kier alpha value is -4.59. The topological polar surface area (TPSA) is 105 Å². The zero-order chi connectivity index (χ0) is 27.3. The van der Waals surface area contributed by atoms with Gasteiger partial charge in [0.1, 0.15) is 17.3 Å². The van der Waals surface area contributed by atoms with Crippen molar-refractivity contribution in [2.75, 3.05) is 19.1 Å². The van der Waals surface area contributed by atoms with Crippen molar-refractivity contribution in [3.05, 3.63) is 87.5 Å². The van der Waals surface area contributed by atoms with Crippen molar-refractivity contribution in [1.29, 1.82) is 0 Å². The van der Waals surface area contributed by atoms with Crippen LogP contribution in [-0.4, -0.2) is 41.0 Å². The van der Waals surface area contributed by atoms with Gasteiger partial charge in [-0.05, 0) is 85.8 Å². The molecule has 1 unspecified atom stereocenters. The highest BCUT2D eigenvalue weighted by Crippen LogP contribution is 2.44. The zero-order valence-electron chi connectivity index (χ0n) is 22.2. The van der Waals surface area contributed by atoms with Gasteiger partial charge in [0.05, 0.1) is 42.4 Å². The van der Waals surface area contributed by atoms with Crippen LogP contribution < -0.4 is 14.4 Å². The molecule has 0 saturated carbocycles. The number of hydrogen-bond donors (Lipinski definition) is 2. The molecule has 0 spiro atoms. The maximum Gasteiger partial charge on any atom is 0.302 e. The van der Waals surface area contributed by atoms with E-state index in [0.29, 0.717) is 28.1 Å². The Bertz CT molecular complexity index is 1590. The lowest BCUT2D eigenvalue weighted by atomic mass is 9.93. The van der Waals surface area contributed by atoms with Crippen molar-refractivity contribution in [2.24, 2.45) is 0 Å². The minimum Gasteiger partial charge on any atom is -0.507 e. The number of aromatic nitrogens is 2. The van der Waals surface area contributed by atoms with Crippen molar-refractivity contribution in [3.63, 3.8) is 0 Å². The molecular weight excluding hydrogens is 482 g/mol. The van der Waals surface area contributed by atoms with Crippen LogP contribution in [0.1, 0.15) is 39.4 Å². The number of hydrogen-bond acceptors (Lipinski definition) is 6. The van der Waals surface area contributed by atoms with Crippen LogP contribution in [-0.2, 0) is 9.59 Å². The molecule has 2 N–H and O–H groups in total. The molecule has 2 heterocycles. The summed E-state index contributed by atoms with van der Waals surface area (Å²) in [4.78, 5) is 36.3. The second-order valence-electron chi connectivity index (χ2n) is 9.62. The second kappa shape index (κ2) is 9.37. The highest BCUT2D eigenvalue weighted by molar-refractivity contribution is 6.51. The number of amides is 1. The van der Waals surface area contributed by atoms with Gasteiger partial charge in [-0.15, -0.1) is 0 Å². The molecule has 1 amide bonds. The quantitative estimate of drug-likeness (QED) is 0.210. The van der Waals surface area contributed by atoms with E-state index in [1.165, 1.54) is 12.0 Å². The Balaban J connectivity index is 1.77. The number of H-pyrrole nitrogens is 1. The number of methoxy groups -OCH3 is 2. The van der Waals surface area contributed by atoms with Crippen LogP contribution in [0.5, 0.6) is 11.5 Å². The number of aromatic amines is 1. The normalized spacial score (nSPS) is 16.9. The molecule has 1 aliphatic rings. The number of carbonyl (C=O) groups excluding carboxylic acids is 2. The van der Waals surface area contributed by atoms with E-state index >= 15 is 0 Å². The SMILES string of the molecule is COc1ccc(C2/C(=C(\O)c3cc(C)cc(C)c3OC)C(=O)C(=O)N2c2nc3cc(C)c(C)cc3[nH]2)cc1. The molecule has 0 bridgehead atoms. The first-order chi connectivity index (χ1) is 18.1. The molecular formula is C30H29N3O5. The number of aliphatic hydroxyl groups is 1. The van der Waals surface area contributed by atoms with E-state index < -0.39 is 17.7 Å². The van der Waals surface area contributed by atoms with Gasteiger partial charge in [0, 0.05) is 0 Å². The van der Waals surface area contributed by atoms with Crippen LogP contribution in [0.25, 0.3) is 16.8 Å². The summed E-state index contributed by atoms with van der Waals surface area (Å²) in [7, 11) is 3.07. The van der Waals surface area contributed by atoms with Crippen LogP contribution in [0.15, 0.2) is 54.1 Å². The van der Waals surface area contributed by atoms with Crippen molar-refractivity contribution >= 4 is 34.4 Å². The monoisotopic (exact) mass is 511 g/mol. The molecule has 8 heteroatoms. The number of nitrogens with one attached hydrogen (secondary N) is 1. The molecule has 1 atom stereocenters. The molecule has 1 fully saturated rings. The molecule has 194 valence electrons. The Morgan fingerprint density at radius 3 is 2.26 bits per heavy atom. The Labute approximate surface area is 220 Å². The van der Waals surface area contributed by atoms with E-state index in [9.17, 15) is 14.7 Å². The standard InChI is InChI=1S/C30H29N3O5/c1-15-11-18(4)28(38-6)21(12-15)26(34)24-25(19-7-9-20(37-5)10-8-19)33(29(36)27(24)35)30-31-22-13-16(2)17(3)14-23(22)32-30/h7-14,25,34H,1-6H3,(H,31,32)/b26-24+. The molecule has 8 nitrogen and oxygen atoms in total. The third kappa shape index (κ3) is 3.98. The number of ether oxygens (including phenoxy) is 2. The smallest absolute Gasteiger partial charge is 0.302 e. The minimum absolute atomic E-state index is 0.0451. The van der Waals surface area contributed by atoms with Crippen LogP contribution in [0.4, 0.5) is 5.95 Å². The molecule has 1 saturated heterocycles. The summed E-state index contributed by atoms with van der Waals surface area (Å²) in [6.45, 7) is 7.74. The highest BCUT2D eigenvalue weighted by atomic mass is 16.5. The van der Waals surface area contributed by atoms with Gasteiger partial charge in [-0.2, -0.15) is 0 Å². The summed E-state index contributed by atoms with van der Waals surface area (Å²) < 4.78 is 10.9. The van der Waals surface area contributed by atoms with Gasteiger partial charge in [0.25, 0.3) is 5.78 Å². The summed E-state index contributed by atoms with van der Waals surface area (Å²) >= 11 is 0. The predicted molar refractivity (Wildman–Crippen MR) is 146 cm³/mol. The maximum atomic E-state index is 13.6. The van der Waals surface area contributed by atoms with Crippen LogP contribution in [0, 0.1) is 27.7 Å².